The number of nitrogens with one attached hydrogen (secondary N) is 1. The second-order valence-corrected chi connectivity index (χ2v) is 3.65. The Hall–Kier alpha value is -0.0800. The van der Waals surface area contributed by atoms with Gasteiger partial charge < -0.3 is 10.2 Å². The van der Waals surface area contributed by atoms with Crippen LogP contribution in [0.3, 0.4) is 0 Å². The summed E-state index contributed by atoms with van der Waals surface area (Å²) >= 11 is 0. The molecular weight excluding hydrogens is 136 g/mol. The van der Waals surface area contributed by atoms with Crippen molar-refractivity contribution in [1.29, 1.82) is 0 Å². The van der Waals surface area contributed by atoms with Crippen LogP contribution in [0.2, 0.25) is 0 Å². The van der Waals surface area contributed by atoms with Gasteiger partial charge in [0.2, 0.25) is 0 Å². The lowest BCUT2D eigenvalue weighted by Gasteiger charge is -2.21. The first-order valence-corrected chi connectivity index (χ1v) is 4.66. The van der Waals surface area contributed by atoms with Crippen LogP contribution < -0.4 is 5.32 Å². The Bertz CT molecular complexity index is 114. The molecule has 0 aromatic rings. The lowest BCUT2D eigenvalue weighted by molar-refractivity contribution is 0.277. The maximum Gasteiger partial charge on any atom is 0.00796 e. The molecule has 0 spiro atoms. The Labute approximate surface area is 70.0 Å². The van der Waals surface area contributed by atoms with Gasteiger partial charge in [-0.1, -0.05) is 6.92 Å². The first kappa shape index (κ1) is 9.01. The molecular formula is C9H20N2. The van der Waals surface area contributed by atoms with Crippen molar-refractivity contribution < 1.29 is 0 Å². The number of rotatable bonds is 3. The molecule has 1 heterocycles. The molecule has 1 fully saturated rings. The van der Waals surface area contributed by atoms with Crippen molar-refractivity contribution in [2.24, 2.45) is 5.92 Å². The fourth-order valence-corrected chi connectivity index (χ4v) is 1.69. The van der Waals surface area contributed by atoms with E-state index in [1.807, 2.05) is 0 Å². The quantitative estimate of drug-likeness (QED) is 0.654. The van der Waals surface area contributed by atoms with E-state index >= 15 is 0 Å². The molecule has 0 bridgehead atoms. The topological polar surface area (TPSA) is 15.3 Å². The van der Waals surface area contributed by atoms with Gasteiger partial charge in [-0.2, -0.15) is 0 Å². The van der Waals surface area contributed by atoms with Crippen molar-refractivity contribution >= 4 is 0 Å². The van der Waals surface area contributed by atoms with Crippen LogP contribution in [0.25, 0.3) is 0 Å². The van der Waals surface area contributed by atoms with Gasteiger partial charge in [-0.05, 0) is 39.4 Å². The van der Waals surface area contributed by atoms with E-state index in [1.165, 1.54) is 26.1 Å². The monoisotopic (exact) mass is 156 g/mol. The van der Waals surface area contributed by atoms with Crippen LogP contribution in [0.5, 0.6) is 0 Å². The van der Waals surface area contributed by atoms with E-state index < -0.39 is 0 Å². The standard InChI is InChI=1S/C9H20N2/c1-4-11(3)7-9-5-6-10-8(9)2/h8-10H,4-7H2,1-3H3. The third-order valence-electron chi connectivity index (χ3n) is 2.77. The van der Waals surface area contributed by atoms with Crippen molar-refractivity contribution in [2.75, 3.05) is 26.7 Å². The van der Waals surface area contributed by atoms with Gasteiger partial charge in [0.25, 0.3) is 0 Å². The van der Waals surface area contributed by atoms with E-state index in [9.17, 15) is 0 Å². The summed E-state index contributed by atoms with van der Waals surface area (Å²) in [5.41, 5.74) is 0. The summed E-state index contributed by atoms with van der Waals surface area (Å²) in [6.07, 6.45) is 1.35. The molecule has 2 unspecified atom stereocenters. The van der Waals surface area contributed by atoms with E-state index in [4.69, 9.17) is 0 Å². The minimum absolute atomic E-state index is 0.726. The summed E-state index contributed by atoms with van der Waals surface area (Å²) < 4.78 is 0. The van der Waals surface area contributed by atoms with Gasteiger partial charge in [0.1, 0.15) is 0 Å². The summed E-state index contributed by atoms with van der Waals surface area (Å²) in [5.74, 6) is 0.875. The van der Waals surface area contributed by atoms with Gasteiger partial charge in [0.15, 0.2) is 0 Å². The molecule has 2 atom stereocenters. The lowest BCUT2D eigenvalue weighted by Crippen LogP contribution is -2.32. The fraction of sp³-hybridized carbons (Fsp3) is 1.00. The van der Waals surface area contributed by atoms with Crippen LogP contribution in [-0.4, -0.2) is 37.6 Å². The minimum Gasteiger partial charge on any atom is -0.314 e. The van der Waals surface area contributed by atoms with E-state index in [-0.39, 0.29) is 0 Å². The normalized spacial score (nSPS) is 31.6. The van der Waals surface area contributed by atoms with Crippen molar-refractivity contribution in [3.05, 3.63) is 0 Å². The van der Waals surface area contributed by atoms with Gasteiger partial charge in [0, 0.05) is 12.6 Å². The highest BCUT2D eigenvalue weighted by atomic mass is 15.1. The van der Waals surface area contributed by atoms with Gasteiger partial charge in [-0.3, -0.25) is 0 Å². The molecule has 0 saturated carbocycles. The minimum atomic E-state index is 0.726. The summed E-state index contributed by atoms with van der Waals surface area (Å²) in [4.78, 5) is 2.40. The molecule has 0 aromatic carbocycles. The maximum absolute atomic E-state index is 3.47. The predicted octanol–water partition coefficient (Wildman–Crippen LogP) is 0.936. The third-order valence-corrected chi connectivity index (χ3v) is 2.77. The highest BCUT2D eigenvalue weighted by Crippen LogP contribution is 2.15. The molecule has 1 N–H and O–H groups in total. The second kappa shape index (κ2) is 4.07. The van der Waals surface area contributed by atoms with Gasteiger partial charge in [-0.15, -0.1) is 0 Å². The van der Waals surface area contributed by atoms with E-state index in [0.29, 0.717) is 0 Å². The summed E-state index contributed by atoms with van der Waals surface area (Å²) in [7, 11) is 2.20. The maximum atomic E-state index is 3.47. The Morgan fingerprint density at radius 2 is 2.27 bits per heavy atom. The largest absolute Gasteiger partial charge is 0.314 e. The number of hydrogen-bond donors (Lipinski definition) is 1. The lowest BCUT2D eigenvalue weighted by atomic mass is 10.0. The SMILES string of the molecule is CCN(C)CC1CCNC1C. The Kier molecular flexibility index (Phi) is 3.34. The smallest absolute Gasteiger partial charge is 0.00796 e. The zero-order valence-electron chi connectivity index (χ0n) is 7.93. The fourth-order valence-electron chi connectivity index (χ4n) is 1.69. The molecule has 66 valence electrons. The molecule has 1 aliphatic rings. The van der Waals surface area contributed by atoms with Crippen LogP contribution in [0.1, 0.15) is 20.3 Å². The van der Waals surface area contributed by atoms with Crippen LogP contribution in [0, 0.1) is 5.92 Å². The van der Waals surface area contributed by atoms with Crippen molar-refractivity contribution in [2.45, 2.75) is 26.3 Å². The first-order valence-electron chi connectivity index (χ1n) is 4.66. The number of hydrogen-bond acceptors (Lipinski definition) is 2. The molecule has 1 saturated heterocycles. The summed E-state index contributed by atoms with van der Waals surface area (Å²) in [6, 6.07) is 0.726. The van der Waals surface area contributed by atoms with E-state index in [0.717, 1.165) is 12.0 Å². The van der Waals surface area contributed by atoms with Crippen LogP contribution in [0.4, 0.5) is 0 Å². The zero-order chi connectivity index (χ0) is 8.27. The van der Waals surface area contributed by atoms with Crippen LogP contribution in [-0.2, 0) is 0 Å². The summed E-state index contributed by atoms with van der Waals surface area (Å²) in [6.45, 7) is 8.14. The molecule has 1 aliphatic heterocycles. The molecule has 0 aromatic heterocycles. The van der Waals surface area contributed by atoms with Gasteiger partial charge >= 0.3 is 0 Å². The highest BCUT2D eigenvalue weighted by molar-refractivity contribution is 4.81. The molecule has 1 rings (SSSR count). The Morgan fingerprint density at radius 3 is 2.73 bits per heavy atom. The average Bonchev–Trinajstić information content (AvgIpc) is 2.37. The predicted molar refractivity (Wildman–Crippen MR) is 48.7 cm³/mol. The third kappa shape index (κ3) is 2.46. The van der Waals surface area contributed by atoms with E-state index in [1.54, 1.807) is 0 Å². The van der Waals surface area contributed by atoms with Gasteiger partial charge in [0.05, 0.1) is 0 Å². The summed E-state index contributed by atoms with van der Waals surface area (Å²) in [5, 5.41) is 3.47. The van der Waals surface area contributed by atoms with E-state index in [2.05, 4.69) is 31.1 Å². The molecule has 0 radical (unpaired) electrons. The van der Waals surface area contributed by atoms with Crippen molar-refractivity contribution in [3.8, 4) is 0 Å². The molecule has 0 amide bonds. The zero-order valence-corrected chi connectivity index (χ0v) is 7.93. The number of nitrogens with zero attached hydrogens (tertiary/aromatic N) is 1. The molecule has 2 heteroatoms. The first-order chi connectivity index (χ1) is 5.24. The highest BCUT2D eigenvalue weighted by Gasteiger charge is 2.22. The average molecular weight is 156 g/mol. The molecule has 0 aliphatic carbocycles. The van der Waals surface area contributed by atoms with Crippen molar-refractivity contribution in [3.63, 3.8) is 0 Å². The van der Waals surface area contributed by atoms with Crippen LogP contribution >= 0.6 is 0 Å². The molecule has 2 nitrogen and oxygen atoms in total. The Morgan fingerprint density at radius 1 is 1.55 bits per heavy atom. The van der Waals surface area contributed by atoms with Crippen molar-refractivity contribution in [1.82, 2.24) is 10.2 Å². The molecule has 11 heavy (non-hydrogen) atoms. The van der Waals surface area contributed by atoms with Crippen LogP contribution in [0.15, 0.2) is 0 Å². The Balaban J connectivity index is 2.24. The van der Waals surface area contributed by atoms with Gasteiger partial charge in [-0.25, -0.2) is 0 Å². The second-order valence-electron chi connectivity index (χ2n) is 3.65.